The number of hydrazine groups is 1. The van der Waals surface area contributed by atoms with Crippen LogP contribution in [0.15, 0.2) is 84.0 Å². The van der Waals surface area contributed by atoms with E-state index in [9.17, 15) is 13.2 Å². The molecule has 2 N–H and O–H groups in total. The van der Waals surface area contributed by atoms with Crippen LogP contribution in [0.5, 0.6) is 0 Å². The lowest BCUT2D eigenvalue weighted by Gasteiger charge is -2.37. The molecule has 1 aliphatic rings. The molecule has 1 atom stereocenters. The van der Waals surface area contributed by atoms with Gasteiger partial charge in [0.15, 0.2) is 0 Å². The maximum Gasteiger partial charge on any atom is 0.273 e. The molecule has 2 heterocycles. The van der Waals surface area contributed by atoms with Crippen LogP contribution in [0.4, 0.5) is 5.69 Å². The quantitative estimate of drug-likeness (QED) is 0.726. The van der Waals surface area contributed by atoms with Crippen molar-refractivity contribution in [2.24, 2.45) is 0 Å². The summed E-state index contributed by atoms with van der Waals surface area (Å²) in [6.45, 7) is 0. The van der Waals surface area contributed by atoms with Gasteiger partial charge in [-0.1, -0.05) is 36.4 Å². The predicted molar refractivity (Wildman–Crippen MR) is 100.0 cm³/mol. The van der Waals surface area contributed by atoms with Gasteiger partial charge >= 0.3 is 0 Å². The predicted octanol–water partition coefficient (Wildman–Crippen LogP) is 2.54. The number of pyridine rings is 1. The number of carbonyl (C=O) groups excluding carboxylic acids is 1. The molecule has 7 nitrogen and oxygen atoms in total. The molecule has 4 rings (SSSR count). The van der Waals surface area contributed by atoms with Crippen molar-refractivity contribution in [3.63, 3.8) is 0 Å². The lowest BCUT2D eigenvalue weighted by atomic mass is 10.1. The Balaban J connectivity index is 1.77. The minimum absolute atomic E-state index is 0.0709. The Morgan fingerprint density at radius 2 is 1.70 bits per heavy atom. The lowest BCUT2D eigenvalue weighted by Crippen LogP contribution is -2.52. The Hall–Kier alpha value is -3.23. The van der Waals surface area contributed by atoms with Gasteiger partial charge in [-0.25, -0.2) is 13.4 Å². The van der Waals surface area contributed by atoms with E-state index in [4.69, 9.17) is 0 Å². The number of amides is 1. The number of rotatable bonds is 4. The Bertz CT molecular complexity index is 1070. The number of para-hydroxylation sites is 1. The molecule has 27 heavy (non-hydrogen) atoms. The average molecular weight is 380 g/mol. The topological polar surface area (TPSA) is 91.4 Å². The Morgan fingerprint density at radius 1 is 0.963 bits per heavy atom. The molecule has 3 aromatic rings. The molecule has 0 saturated carbocycles. The van der Waals surface area contributed by atoms with Gasteiger partial charge in [0.2, 0.25) is 0 Å². The first-order chi connectivity index (χ1) is 13.1. The molecule has 0 radical (unpaired) electrons. The lowest BCUT2D eigenvalue weighted by molar-refractivity contribution is 0.0632. The van der Waals surface area contributed by atoms with Gasteiger partial charge in [-0.15, -0.1) is 4.83 Å². The molecule has 0 spiro atoms. The number of nitrogens with one attached hydrogen (secondary N) is 2. The van der Waals surface area contributed by atoms with E-state index in [0.29, 0.717) is 16.8 Å². The fourth-order valence-corrected chi connectivity index (χ4v) is 3.97. The molecule has 1 aliphatic heterocycles. The van der Waals surface area contributed by atoms with Gasteiger partial charge in [-0.3, -0.25) is 9.78 Å². The van der Waals surface area contributed by atoms with E-state index in [-0.39, 0.29) is 4.90 Å². The first-order valence-electron chi connectivity index (χ1n) is 8.23. The second-order valence-electron chi connectivity index (χ2n) is 5.96. The monoisotopic (exact) mass is 380 g/mol. The molecule has 1 amide bonds. The van der Waals surface area contributed by atoms with Crippen molar-refractivity contribution in [2.45, 2.75) is 11.1 Å². The zero-order valence-electron chi connectivity index (χ0n) is 14.1. The van der Waals surface area contributed by atoms with E-state index in [1.807, 2.05) is 6.07 Å². The molecule has 0 aliphatic carbocycles. The summed E-state index contributed by atoms with van der Waals surface area (Å²) in [5.41, 5.74) is 1.66. The summed E-state index contributed by atoms with van der Waals surface area (Å²) >= 11 is 0. The minimum atomic E-state index is -3.94. The number of aromatic nitrogens is 1. The number of nitrogens with zero attached hydrogens (tertiary/aromatic N) is 2. The van der Waals surface area contributed by atoms with Crippen molar-refractivity contribution in [1.82, 2.24) is 14.8 Å². The highest BCUT2D eigenvalue weighted by molar-refractivity contribution is 7.89. The second kappa shape index (κ2) is 6.82. The normalized spacial score (nSPS) is 16.5. The van der Waals surface area contributed by atoms with Crippen LogP contribution in [0.1, 0.15) is 22.1 Å². The van der Waals surface area contributed by atoms with Gasteiger partial charge < -0.3 is 5.32 Å². The van der Waals surface area contributed by atoms with E-state index >= 15 is 0 Å². The van der Waals surface area contributed by atoms with Gasteiger partial charge in [0.05, 0.1) is 10.5 Å². The first kappa shape index (κ1) is 17.2. The zero-order chi connectivity index (χ0) is 18.9. The Morgan fingerprint density at radius 3 is 2.44 bits per heavy atom. The number of anilines is 1. The first-order valence-corrected chi connectivity index (χ1v) is 9.71. The second-order valence-corrected chi connectivity index (χ2v) is 7.62. The number of hydrogen-bond acceptors (Lipinski definition) is 5. The third kappa shape index (κ3) is 3.27. The largest absolute Gasteiger partial charge is 0.360 e. The fourth-order valence-electron chi connectivity index (χ4n) is 2.90. The van der Waals surface area contributed by atoms with Crippen molar-refractivity contribution in [3.05, 3.63) is 90.3 Å². The minimum Gasteiger partial charge on any atom is -0.360 e. The molecule has 8 heteroatoms. The third-order valence-corrected chi connectivity index (χ3v) is 5.53. The van der Waals surface area contributed by atoms with Gasteiger partial charge in [0, 0.05) is 23.6 Å². The van der Waals surface area contributed by atoms with Crippen LogP contribution in [-0.4, -0.2) is 24.3 Å². The molecule has 136 valence electrons. The highest BCUT2D eigenvalue weighted by Crippen LogP contribution is 2.32. The van der Waals surface area contributed by atoms with Crippen LogP contribution in [0.25, 0.3) is 0 Å². The SMILES string of the molecule is O=C1c2ccccc2N[C@H](c2cccnc2)N1NS(=O)(=O)c1ccccc1. The summed E-state index contributed by atoms with van der Waals surface area (Å²) in [6.07, 6.45) is 2.46. The van der Waals surface area contributed by atoms with E-state index in [2.05, 4.69) is 15.1 Å². The molecule has 0 saturated heterocycles. The number of sulfonamides is 1. The van der Waals surface area contributed by atoms with Crippen LogP contribution < -0.4 is 10.1 Å². The van der Waals surface area contributed by atoms with Crippen LogP contribution in [0.2, 0.25) is 0 Å². The van der Waals surface area contributed by atoms with E-state index in [1.165, 1.54) is 12.1 Å². The van der Waals surface area contributed by atoms with Gasteiger partial charge in [-0.2, -0.15) is 0 Å². The third-order valence-electron chi connectivity index (χ3n) is 4.20. The number of fused-ring (bicyclic) bond motifs is 1. The number of hydrogen-bond donors (Lipinski definition) is 2. The smallest absolute Gasteiger partial charge is 0.273 e. The molecular formula is C19H16N4O3S. The Kier molecular flexibility index (Phi) is 4.35. The maximum atomic E-state index is 13.0. The molecule has 2 aromatic carbocycles. The van der Waals surface area contributed by atoms with E-state index in [0.717, 1.165) is 5.01 Å². The van der Waals surface area contributed by atoms with Gasteiger partial charge in [0.25, 0.3) is 15.9 Å². The number of benzene rings is 2. The fraction of sp³-hybridized carbons (Fsp3) is 0.0526. The van der Waals surface area contributed by atoms with E-state index in [1.54, 1.807) is 60.9 Å². The summed E-state index contributed by atoms with van der Waals surface area (Å²) in [7, 11) is -3.94. The summed E-state index contributed by atoms with van der Waals surface area (Å²) < 4.78 is 25.6. The Labute approximate surface area is 156 Å². The van der Waals surface area contributed by atoms with Crippen LogP contribution in [-0.2, 0) is 10.0 Å². The van der Waals surface area contributed by atoms with E-state index < -0.39 is 22.1 Å². The highest BCUT2D eigenvalue weighted by Gasteiger charge is 2.36. The van der Waals surface area contributed by atoms with Crippen molar-refractivity contribution >= 4 is 21.6 Å². The van der Waals surface area contributed by atoms with Crippen LogP contribution in [0, 0.1) is 0 Å². The summed E-state index contributed by atoms with van der Waals surface area (Å²) in [6, 6.07) is 18.4. The summed E-state index contributed by atoms with van der Waals surface area (Å²) in [5.74, 6) is -0.447. The highest BCUT2D eigenvalue weighted by atomic mass is 32.2. The molecule has 1 aromatic heterocycles. The molecule has 0 fully saturated rings. The zero-order valence-corrected chi connectivity index (χ0v) is 14.9. The van der Waals surface area contributed by atoms with Crippen molar-refractivity contribution in [2.75, 3.05) is 5.32 Å². The van der Waals surface area contributed by atoms with Crippen LogP contribution in [0.3, 0.4) is 0 Å². The average Bonchev–Trinajstić information content (AvgIpc) is 2.71. The van der Waals surface area contributed by atoms with Crippen LogP contribution >= 0.6 is 0 Å². The van der Waals surface area contributed by atoms with Gasteiger partial charge in [0.1, 0.15) is 6.17 Å². The van der Waals surface area contributed by atoms with Crippen molar-refractivity contribution < 1.29 is 13.2 Å². The van der Waals surface area contributed by atoms with Gasteiger partial charge in [-0.05, 0) is 30.3 Å². The standard InChI is InChI=1S/C19H16N4O3S/c24-19-16-10-4-5-11-17(16)21-18(14-7-6-12-20-13-14)23(19)22-27(25,26)15-8-2-1-3-9-15/h1-13,18,21-22H/t18-/m0/s1. The number of carbonyl (C=O) groups is 1. The summed E-state index contributed by atoms with van der Waals surface area (Å²) in [5, 5.41) is 4.29. The molecular weight excluding hydrogens is 364 g/mol. The van der Waals surface area contributed by atoms with Crippen molar-refractivity contribution in [3.8, 4) is 0 Å². The van der Waals surface area contributed by atoms with Crippen molar-refractivity contribution in [1.29, 1.82) is 0 Å². The summed E-state index contributed by atoms with van der Waals surface area (Å²) in [4.78, 5) is 19.6. The molecule has 0 bridgehead atoms. The molecule has 0 unspecified atom stereocenters. The maximum absolute atomic E-state index is 13.0.